The van der Waals surface area contributed by atoms with Gasteiger partial charge >= 0.3 is 0 Å². The average Bonchev–Trinajstić information content (AvgIpc) is 2.78. The Balaban J connectivity index is 1.97. The van der Waals surface area contributed by atoms with Crippen LogP contribution in [0.25, 0.3) is 33.4 Å². The minimum absolute atomic E-state index is 0.355. The molecule has 4 rings (SSSR count). The molecule has 3 heterocycles. The molecule has 0 aliphatic carbocycles. The van der Waals surface area contributed by atoms with Gasteiger partial charge in [-0.25, -0.2) is 15.0 Å². The van der Waals surface area contributed by atoms with Gasteiger partial charge in [0.15, 0.2) is 5.82 Å². The summed E-state index contributed by atoms with van der Waals surface area (Å²) in [6, 6.07) is 13.3. The van der Waals surface area contributed by atoms with Gasteiger partial charge in [0.1, 0.15) is 28.8 Å². The highest BCUT2D eigenvalue weighted by Crippen LogP contribution is 2.35. The molecule has 0 saturated carbocycles. The molecule has 0 bridgehead atoms. The Morgan fingerprint density at radius 1 is 1.04 bits per heavy atom. The van der Waals surface area contributed by atoms with Crippen LogP contribution >= 0.6 is 0 Å². The number of hydrogen-bond donors (Lipinski definition) is 1. The van der Waals surface area contributed by atoms with Gasteiger partial charge in [-0.15, -0.1) is 0 Å². The number of rotatable bonds is 4. The first kappa shape index (κ1) is 17.4. The summed E-state index contributed by atoms with van der Waals surface area (Å²) in [6.45, 7) is 0. The highest BCUT2D eigenvalue weighted by Gasteiger charge is 2.15. The lowest BCUT2D eigenvalue weighted by Gasteiger charge is -2.13. The summed E-state index contributed by atoms with van der Waals surface area (Å²) < 4.78 is 5.62. The maximum atomic E-state index is 9.13. The first-order chi connectivity index (χ1) is 13.7. The van der Waals surface area contributed by atoms with Crippen LogP contribution in [0, 0.1) is 11.3 Å². The van der Waals surface area contributed by atoms with Gasteiger partial charge in [0, 0.05) is 36.6 Å². The van der Waals surface area contributed by atoms with E-state index >= 15 is 0 Å². The molecule has 0 aliphatic rings. The molecule has 0 spiro atoms. The van der Waals surface area contributed by atoms with Crippen molar-refractivity contribution in [3.05, 3.63) is 60.7 Å². The summed E-state index contributed by atoms with van der Waals surface area (Å²) in [5, 5.41) is 13.1. The van der Waals surface area contributed by atoms with E-state index in [1.54, 1.807) is 31.8 Å². The van der Waals surface area contributed by atoms with E-state index in [0.717, 1.165) is 22.1 Å². The van der Waals surface area contributed by atoms with Crippen molar-refractivity contribution in [2.24, 2.45) is 0 Å². The number of methoxy groups -OCH3 is 1. The van der Waals surface area contributed by atoms with Crippen LogP contribution in [0.15, 0.2) is 55.0 Å². The van der Waals surface area contributed by atoms with Crippen LogP contribution in [-0.2, 0) is 0 Å². The van der Waals surface area contributed by atoms with Crippen LogP contribution in [0.1, 0.15) is 5.69 Å². The summed E-state index contributed by atoms with van der Waals surface area (Å²) in [6.07, 6.45) is 5.05. The fraction of sp³-hybridized carbons (Fsp3) is 0.0952. The second-order valence-electron chi connectivity index (χ2n) is 6.00. The third-order valence-electron chi connectivity index (χ3n) is 4.35. The fourth-order valence-corrected chi connectivity index (χ4v) is 3.01. The van der Waals surface area contributed by atoms with Gasteiger partial charge in [0.25, 0.3) is 0 Å². The Labute approximate surface area is 161 Å². The quantitative estimate of drug-likeness (QED) is 0.587. The lowest BCUT2D eigenvalue weighted by Crippen LogP contribution is -2.01. The number of ether oxygens (including phenoxy) is 1. The third-order valence-corrected chi connectivity index (χ3v) is 4.35. The smallest absolute Gasteiger partial charge is 0.163 e. The third kappa shape index (κ3) is 3.08. The van der Waals surface area contributed by atoms with Crippen molar-refractivity contribution in [2.75, 3.05) is 19.5 Å². The van der Waals surface area contributed by atoms with Crippen molar-refractivity contribution in [1.29, 1.82) is 5.26 Å². The van der Waals surface area contributed by atoms with E-state index < -0.39 is 0 Å². The van der Waals surface area contributed by atoms with Gasteiger partial charge < -0.3 is 10.1 Å². The molecule has 136 valence electrons. The number of hydrogen-bond acceptors (Lipinski definition) is 7. The van der Waals surface area contributed by atoms with E-state index in [9.17, 15) is 0 Å². The van der Waals surface area contributed by atoms with Gasteiger partial charge in [-0.1, -0.05) is 0 Å². The van der Waals surface area contributed by atoms with Gasteiger partial charge in [-0.05, 0) is 47.5 Å². The van der Waals surface area contributed by atoms with Crippen molar-refractivity contribution in [3.8, 4) is 34.3 Å². The summed E-state index contributed by atoms with van der Waals surface area (Å²) in [7, 11) is 3.42. The summed E-state index contributed by atoms with van der Waals surface area (Å²) in [5.74, 6) is 1.86. The lowest BCUT2D eigenvalue weighted by molar-refractivity contribution is 0.419. The zero-order valence-electron chi connectivity index (χ0n) is 15.3. The highest BCUT2D eigenvalue weighted by molar-refractivity contribution is 5.97. The topological polar surface area (TPSA) is 96.6 Å². The maximum absolute atomic E-state index is 9.13. The van der Waals surface area contributed by atoms with E-state index in [0.29, 0.717) is 28.6 Å². The van der Waals surface area contributed by atoms with E-state index in [1.165, 1.54) is 0 Å². The molecule has 0 fully saturated rings. The molecule has 0 saturated heterocycles. The van der Waals surface area contributed by atoms with Crippen molar-refractivity contribution in [2.45, 2.75) is 0 Å². The molecule has 4 aromatic rings. The number of anilines is 1. The molecule has 1 N–H and O–H groups in total. The normalized spacial score (nSPS) is 10.5. The fourth-order valence-electron chi connectivity index (χ4n) is 3.01. The number of fused-ring (bicyclic) bond motifs is 1. The van der Waals surface area contributed by atoms with E-state index in [4.69, 9.17) is 15.0 Å². The molecule has 0 aliphatic heterocycles. The minimum atomic E-state index is 0.355. The second kappa shape index (κ2) is 7.29. The van der Waals surface area contributed by atoms with Crippen LogP contribution in [0.4, 0.5) is 5.82 Å². The Hall–Kier alpha value is -4.05. The van der Waals surface area contributed by atoms with Gasteiger partial charge in [0.2, 0.25) is 0 Å². The van der Waals surface area contributed by atoms with Crippen LogP contribution < -0.4 is 10.1 Å². The van der Waals surface area contributed by atoms with Crippen LogP contribution in [0.3, 0.4) is 0 Å². The van der Waals surface area contributed by atoms with Crippen molar-refractivity contribution >= 4 is 16.7 Å². The molecule has 0 radical (unpaired) electrons. The summed E-state index contributed by atoms with van der Waals surface area (Å²) in [5.41, 5.74) is 3.62. The zero-order chi connectivity index (χ0) is 19.5. The number of benzene rings is 1. The molecule has 0 unspecified atom stereocenters. The van der Waals surface area contributed by atoms with Crippen molar-refractivity contribution in [1.82, 2.24) is 19.9 Å². The Morgan fingerprint density at radius 2 is 1.93 bits per heavy atom. The molecule has 7 nitrogen and oxygen atoms in total. The molecule has 1 aromatic carbocycles. The molecular weight excluding hydrogens is 352 g/mol. The Morgan fingerprint density at radius 3 is 2.64 bits per heavy atom. The molecule has 0 atom stereocenters. The number of nitrogens with one attached hydrogen (secondary N) is 1. The zero-order valence-corrected chi connectivity index (χ0v) is 15.3. The molecule has 3 aromatic heterocycles. The number of aromatic nitrogens is 4. The molecule has 0 amide bonds. The predicted molar refractivity (Wildman–Crippen MR) is 107 cm³/mol. The summed E-state index contributed by atoms with van der Waals surface area (Å²) >= 11 is 0. The number of nitriles is 1. The van der Waals surface area contributed by atoms with Gasteiger partial charge in [-0.3, -0.25) is 4.98 Å². The predicted octanol–water partition coefficient (Wildman–Crippen LogP) is 3.68. The van der Waals surface area contributed by atoms with E-state index in [1.807, 2.05) is 37.4 Å². The van der Waals surface area contributed by atoms with Crippen LogP contribution in [-0.4, -0.2) is 34.1 Å². The van der Waals surface area contributed by atoms with E-state index in [2.05, 4.69) is 26.3 Å². The lowest BCUT2D eigenvalue weighted by atomic mass is 10.0. The first-order valence-corrected chi connectivity index (χ1v) is 8.58. The summed E-state index contributed by atoms with van der Waals surface area (Å²) in [4.78, 5) is 17.5. The minimum Gasteiger partial charge on any atom is -0.494 e. The average molecular weight is 368 g/mol. The van der Waals surface area contributed by atoms with Crippen molar-refractivity contribution in [3.63, 3.8) is 0 Å². The Bertz CT molecular complexity index is 1200. The van der Waals surface area contributed by atoms with Gasteiger partial charge in [0.05, 0.1) is 7.11 Å². The maximum Gasteiger partial charge on any atom is 0.163 e. The molecule has 7 heteroatoms. The van der Waals surface area contributed by atoms with E-state index in [-0.39, 0.29) is 0 Å². The first-order valence-electron chi connectivity index (χ1n) is 8.58. The molecular formula is C21H16N6O. The largest absolute Gasteiger partial charge is 0.494 e. The van der Waals surface area contributed by atoms with Crippen molar-refractivity contribution < 1.29 is 4.74 Å². The second-order valence-corrected chi connectivity index (χ2v) is 6.00. The monoisotopic (exact) mass is 368 g/mol. The standard InChI is InChI=1S/C21H16N6O/c1-23-21-17-9-15(13-5-7-25-16(8-13)11-22)10-18(28-2)19(17)26-20(27-21)14-4-3-6-24-12-14/h3-10,12H,1-2H3,(H,23,26,27). The van der Waals surface area contributed by atoms with Crippen LogP contribution in [0.2, 0.25) is 0 Å². The van der Waals surface area contributed by atoms with Gasteiger partial charge in [-0.2, -0.15) is 5.26 Å². The highest BCUT2D eigenvalue weighted by atomic mass is 16.5. The number of pyridine rings is 2. The SMILES string of the molecule is CNc1nc(-c2cccnc2)nc2c(OC)cc(-c3ccnc(C#N)c3)cc12. The number of nitrogens with zero attached hydrogens (tertiary/aromatic N) is 5. The Kier molecular flexibility index (Phi) is 4.52. The molecule has 28 heavy (non-hydrogen) atoms. The van der Waals surface area contributed by atoms with Crippen LogP contribution in [0.5, 0.6) is 5.75 Å².